The molecule has 0 amide bonds. The molecule has 1 rings (SSSR count). The molecule has 1 unspecified atom stereocenters. The van der Waals surface area contributed by atoms with Crippen LogP contribution in [0, 0.1) is 18.3 Å². The van der Waals surface area contributed by atoms with Crippen LogP contribution in [0.5, 0.6) is 0 Å². The average molecular weight is 138 g/mol. The molecular formula is C9H14O. The Labute approximate surface area is 62.4 Å². The first-order valence-electron chi connectivity index (χ1n) is 3.96. The molecule has 1 fully saturated rings. The van der Waals surface area contributed by atoms with Crippen molar-refractivity contribution in [3.63, 3.8) is 0 Å². The molecule has 0 spiro atoms. The SMILES string of the molecule is C#CCC(O)C1CCCC1. The molecule has 1 aliphatic rings. The van der Waals surface area contributed by atoms with E-state index >= 15 is 0 Å². The summed E-state index contributed by atoms with van der Waals surface area (Å²) in [6.45, 7) is 0. The fraction of sp³-hybridized carbons (Fsp3) is 0.778. The van der Waals surface area contributed by atoms with E-state index in [4.69, 9.17) is 6.42 Å². The van der Waals surface area contributed by atoms with E-state index in [1.54, 1.807) is 0 Å². The van der Waals surface area contributed by atoms with Crippen LogP contribution in [0.2, 0.25) is 0 Å². The highest BCUT2D eigenvalue weighted by atomic mass is 16.3. The van der Waals surface area contributed by atoms with Crippen molar-refractivity contribution in [2.24, 2.45) is 5.92 Å². The molecule has 1 nitrogen and oxygen atoms in total. The molecule has 1 atom stereocenters. The van der Waals surface area contributed by atoms with Crippen LogP contribution in [-0.2, 0) is 0 Å². The normalized spacial score (nSPS) is 22.4. The Morgan fingerprint density at radius 3 is 2.60 bits per heavy atom. The van der Waals surface area contributed by atoms with Gasteiger partial charge in [-0.05, 0) is 18.8 Å². The van der Waals surface area contributed by atoms with Gasteiger partial charge in [-0.25, -0.2) is 0 Å². The standard InChI is InChI=1S/C9H14O/c1-2-5-9(10)8-6-3-4-7-8/h1,8-10H,3-7H2. The van der Waals surface area contributed by atoms with Crippen LogP contribution in [0.25, 0.3) is 0 Å². The van der Waals surface area contributed by atoms with Gasteiger partial charge in [0.2, 0.25) is 0 Å². The lowest BCUT2D eigenvalue weighted by Gasteiger charge is -2.13. The molecule has 1 heteroatoms. The second-order valence-corrected chi connectivity index (χ2v) is 3.02. The second-order valence-electron chi connectivity index (χ2n) is 3.02. The fourth-order valence-corrected chi connectivity index (χ4v) is 1.63. The maximum absolute atomic E-state index is 9.41. The molecule has 0 aliphatic heterocycles. The van der Waals surface area contributed by atoms with Crippen molar-refractivity contribution in [3.8, 4) is 12.3 Å². The van der Waals surface area contributed by atoms with E-state index in [1.807, 2.05) is 0 Å². The van der Waals surface area contributed by atoms with Gasteiger partial charge in [-0.15, -0.1) is 12.3 Å². The lowest BCUT2D eigenvalue weighted by atomic mass is 9.99. The van der Waals surface area contributed by atoms with Crippen LogP contribution in [0.15, 0.2) is 0 Å². The highest BCUT2D eigenvalue weighted by molar-refractivity contribution is 4.90. The summed E-state index contributed by atoms with van der Waals surface area (Å²) in [5.41, 5.74) is 0. The monoisotopic (exact) mass is 138 g/mol. The van der Waals surface area contributed by atoms with Crippen LogP contribution < -0.4 is 0 Å². The second kappa shape index (κ2) is 3.63. The Balaban J connectivity index is 2.26. The van der Waals surface area contributed by atoms with E-state index in [0.717, 1.165) is 0 Å². The fourth-order valence-electron chi connectivity index (χ4n) is 1.63. The summed E-state index contributed by atoms with van der Waals surface area (Å²) in [5.74, 6) is 2.99. The van der Waals surface area contributed by atoms with Crippen LogP contribution in [-0.4, -0.2) is 11.2 Å². The molecule has 0 aromatic carbocycles. The molecule has 0 saturated heterocycles. The first kappa shape index (κ1) is 7.63. The van der Waals surface area contributed by atoms with Gasteiger partial charge in [0.1, 0.15) is 0 Å². The van der Waals surface area contributed by atoms with E-state index in [9.17, 15) is 5.11 Å². The first-order chi connectivity index (χ1) is 4.84. The summed E-state index contributed by atoms with van der Waals surface area (Å²) in [4.78, 5) is 0. The third-order valence-corrected chi connectivity index (χ3v) is 2.27. The number of aliphatic hydroxyl groups is 1. The van der Waals surface area contributed by atoms with Crippen molar-refractivity contribution < 1.29 is 5.11 Å². The molecule has 0 aromatic heterocycles. The Bertz CT molecular complexity index is 128. The lowest BCUT2D eigenvalue weighted by molar-refractivity contribution is 0.116. The van der Waals surface area contributed by atoms with E-state index in [2.05, 4.69) is 5.92 Å². The molecule has 1 saturated carbocycles. The average Bonchev–Trinajstić information content (AvgIpc) is 2.38. The van der Waals surface area contributed by atoms with Crippen molar-refractivity contribution in [2.45, 2.75) is 38.2 Å². The molecule has 1 N–H and O–H groups in total. The summed E-state index contributed by atoms with van der Waals surface area (Å²) in [5, 5.41) is 9.41. The molecule has 10 heavy (non-hydrogen) atoms. The topological polar surface area (TPSA) is 20.2 Å². The van der Waals surface area contributed by atoms with Gasteiger partial charge in [0, 0.05) is 6.42 Å². The Morgan fingerprint density at radius 2 is 2.10 bits per heavy atom. The predicted octanol–water partition coefficient (Wildman–Crippen LogP) is 1.56. The summed E-state index contributed by atoms with van der Waals surface area (Å²) < 4.78 is 0. The molecule has 1 aliphatic carbocycles. The van der Waals surface area contributed by atoms with Crippen molar-refractivity contribution >= 4 is 0 Å². The number of hydrogen-bond acceptors (Lipinski definition) is 1. The van der Waals surface area contributed by atoms with Crippen molar-refractivity contribution in [1.82, 2.24) is 0 Å². The number of terminal acetylenes is 1. The van der Waals surface area contributed by atoms with Gasteiger partial charge in [0.25, 0.3) is 0 Å². The third kappa shape index (κ3) is 1.75. The predicted molar refractivity (Wildman–Crippen MR) is 41.4 cm³/mol. The third-order valence-electron chi connectivity index (χ3n) is 2.27. The molecule has 0 bridgehead atoms. The number of hydrogen-bond donors (Lipinski definition) is 1. The highest BCUT2D eigenvalue weighted by Gasteiger charge is 2.21. The van der Waals surface area contributed by atoms with Gasteiger partial charge < -0.3 is 5.11 Å². The first-order valence-corrected chi connectivity index (χ1v) is 3.96. The Kier molecular flexibility index (Phi) is 2.77. The van der Waals surface area contributed by atoms with Gasteiger partial charge in [-0.1, -0.05) is 12.8 Å². The molecule has 0 aromatic rings. The highest BCUT2D eigenvalue weighted by Crippen LogP contribution is 2.28. The minimum absolute atomic E-state index is 0.229. The quantitative estimate of drug-likeness (QED) is 0.574. The maximum Gasteiger partial charge on any atom is 0.0677 e. The smallest absolute Gasteiger partial charge is 0.0677 e. The van der Waals surface area contributed by atoms with Gasteiger partial charge >= 0.3 is 0 Å². The molecule has 0 radical (unpaired) electrons. The summed E-state index contributed by atoms with van der Waals surface area (Å²) in [6, 6.07) is 0. The zero-order chi connectivity index (χ0) is 7.40. The minimum Gasteiger partial charge on any atom is -0.392 e. The van der Waals surface area contributed by atoms with Crippen molar-refractivity contribution in [2.75, 3.05) is 0 Å². The van der Waals surface area contributed by atoms with E-state index in [-0.39, 0.29) is 6.10 Å². The molecule has 0 heterocycles. The zero-order valence-corrected chi connectivity index (χ0v) is 6.21. The Morgan fingerprint density at radius 1 is 1.50 bits per heavy atom. The summed E-state index contributed by atoms with van der Waals surface area (Å²) >= 11 is 0. The van der Waals surface area contributed by atoms with E-state index in [0.29, 0.717) is 12.3 Å². The van der Waals surface area contributed by atoms with Gasteiger partial charge in [-0.3, -0.25) is 0 Å². The van der Waals surface area contributed by atoms with Crippen molar-refractivity contribution in [1.29, 1.82) is 0 Å². The minimum atomic E-state index is -0.229. The van der Waals surface area contributed by atoms with Gasteiger partial charge in [0.15, 0.2) is 0 Å². The van der Waals surface area contributed by atoms with E-state index in [1.165, 1.54) is 25.7 Å². The van der Waals surface area contributed by atoms with Gasteiger partial charge in [0.05, 0.1) is 6.10 Å². The van der Waals surface area contributed by atoms with Crippen LogP contribution in [0.4, 0.5) is 0 Å². The lowest BCUT2D eigenvalue weighted by Crippen LogP contribution is -2.16. The summed E-state index contributed by atoms with van der Waals surface area (Å²) in [7, 11) is 0. The molecule has 56 valence electrons. The largest absolute Gasteiger partial charge is 0.392 e. The number of aliphatic hydroxyl groups excluding tert-OH is 1. The maximum atomic E-state index is 9.41. The summed E-state index contributed by atoms with van der Waals surface area (Å²) in [6.07, 6.45) is 10.3. The number of rotatable bonds is 2. The zero-order valence-electron chi connectivity index (χ0n) is 6.21. The van der Waals surface area contributed by atoms with Crippen LogP contribution in [0.3, 0.4) is 0 Å². The van der Waals surface area contributed by atoms with Gasteiger partial charge in [-0.2, -0.15) is 0 Å². The molecular weight excluding hydrogens is 124 g/mol. The van der Waals surface area contributed by atoms with E-state index < -0.39 is 0 Å². The van der Waals surface area contributed by atoms with Crippen LogP contribution in [0.1, 0.15) is 32.1 Å². The Hall–Kier alpha value is -0.480. The van der Waals surface area contributed by atoms with Crippen LogP contribution >= 0.6 is 0 Å². The van der Waals surface area contributed by atoms with Crippen molar-refractivity contribution in [3.05, 3.63) is 0 Å².